The van der Waals surface area contributed by atoms with Crippen LogP contribution in [0, 0.1) is 0 Å². The Bertz CT molecular complexity index is 421. The summed E-state index contributed by atoms with van der Waals surface area (Å²) < 4.78 is 5.21. The van der Waals surface area contributed by atoms with E-state index in [-0.39, 0.29) is 10.6 Å². The first kappa shape index (κ1) is 12.1. The smallest absolute Gasteiger partial charge is 0.337 e. The number of nitrogens with zero attached hydrogens (tertiary/aromatic N) is 2. The molecule has 0 saturated carbocycles. The van der Waals surface area contributed by atoms with Crippen molar-refractivity contribution in [3.8, 4) is 0 Å². The van der Waals surface area contributed by atoms with Crippen LogP contribution in [0.1, 0.15) is 10.4 Å². The lowest BCUT2D eigenvalue weighted by Gasteiger charge is -2.27. The van der Waals surface area contributed by atoms with Crippen molar-refractivity contribution in [2.45, 2.75) is 0 Å². The molecule has 0 unspecified atom stereocenters. The summed E-state index contributed by atoms with van der Waals surface area (Å²) in [6.07, 6.45) is 1.27. The van der Waals surface area contributed by atoms with Crippen LogP contribution in [0.2, 0.25) is 5.02 Å². The van der Waals surface area contributed by atoms with E-state index in [2.05, 4.69) is 10.4 Å². The summed E-state index contributed by atoms with van der Waals surface area (Å²) in [6.45, 7) is 2.77. The number of hydrazine groups is 1. The van der Waals surface area contributed by atoms with E-state index in [1.54, 1.807) is 0 Å². The third-order valence-electron chi connectivity index (χ3n) is 2.36. The minimum Gasteiger partial charge on any atom is -0.478 e. The average molecular weight is 258 g/mol. The maximum atomic E-state index is 10.7. The molecule has 0 spiro atoms. The minimum absolute atomic E-state index is 0.0718. The van der Waals surface area contributed by atoms with Gasteiger partial charge in [-0.2, -0.15) is 0 Å². The summed E-state index contributed by atoms with van der Waals surface area (Å²) >= 11 is 5.95. The first-order valence-electron chi connectivity index (χ1n) is 5.15. The van der Waals surface area contributed by atoms with Gasteiger partial charge in [0.2, 0.25) is 0 Å². The van der Waals surface area contributed by atoms with E-state index < -0.39 is 5.97 Å². The fraction of sp³-hybridized carbons (Fsp3) is 0.400. The highest BCUT2D eigenvalue weighted by Gasteiger charge is 2.13. The molecule has 2 heterocycles. The molecule has 6 nitrogen and oxygen atoms in total. The van der Waals surface area contributed by atoms with Crippen molar-refractivity contribution in [2.75, 3.05) is 31.7 Å². The summed E-state index contributed by atoms with van der Waals surface area (Å²) in [6, 6.07) is 1.37. The summed E-state index contributed by atoms with van der Waals surface area (Å²) in [5.74, 6) is -0.587. The Morgan fingerprint density at radius 2 is 2.24 bits per heavy atom. The first-order chi connectivity index (χ1) is 8.16. The predicted molar refractivity (Wildman–Crippen MR) is 62.2 cm³/mol. The van der Waals surface area contributed by atoms with Gasteiger partial charge in [0.15, 0.2) is 5.82 Å². The number of carboxylic acids is 1. The molecule has 1 saturated heterocycles. The van der Waals surface area contributed by atoms with E-state index in [0.29, 0.717) is 19.0 Å². The highest BCUT2D eigenvalue weighted by Crippen LogP contribution is 2.20. The number of carbonyl (C=O) groups is 1. The topological polar surface area (TPSA) is 74.7 Å². The second-order valence-corrected chi connectivity index (χ2v) is 3.98. The molecule has 0 amide bonds. The van der Waals surface area contributed by atoms with Gasteiger partial charge in [-0.15, -0.1) is 0 Å². The SMILES string of the molecule is O=C(O)c1cnc(NN2CCOCC2)c(Cl)c1. The molecule has 0 bridgehead atoms. The van der Waals surface area contributed by atoms with Crippen LogP contribution in [-0.2, 0) is 4.74 Å². The van der Waals surface area contributed by atoms with Crippen LogP contribution < -0.4 is 5.43 Å². The molecule has 0 atom stereocenters. The van der Waals surface area contributed by atoms with Gasteiger partial charge in [-0.25, -0.2) is 14.8 Å². The number of nitrogens with one attached hydrogen (secondary N) is 1. The third kappa shape index (κ3) is 3.06. The lowest BCUT2D eigenvalue weighted by Crippen LogP contribution is -2.40. The van der Waals surface area contributed by atoms with Crippen LogP contribution in [0.5, 0.6) is 0 Å². The van der Waals surface area contributed by atoms with E-state index in [1.807, 2.05) is 5.01 Å². The Balaban J connectivity index is 2.08. The van der Waals surface area contributed by atoms with Gasteiger partial charge in [0.25, 0.3) is 0 Å². The van der Waals surface area contributed by atoms with E-state index in [9.17, 15) is 4.79 Å². The molecule has 1 aromatic heterocycles. The summed E-state index contributed by atoms with van der Waals surface area (Å²) in [5, 5.41) is 11.0. The Morgan fingerprint density at radius 3 is 2.82 bits per heavy atom. The number of aromatic carboxylic acids is 1. The van der Waals surface area contributed by atoms with Gasteiger partial charge in [0.05, 0.1) is 23.8 Å². The molecule has 17 heavy (non-hydrogen) atoms. The van der Waals surface area contributed by atoms with E-state index in [4.69, 9.17) is 21.4 Å². The molecule has 92 valence electrons. The van der Waals surface area contributed by atoms with Gasteiger partial charge in [0.1, 0.15) is 0 Å². The zero-order valence-corrected chi connectivity index (χ0v) is 9.78. The molecule has 2 N–H and O–H groups in total. The molecule has 7 heteroatoms. The number of hydrogen-bond acceptors (Lipinski definition) is 5. The molecule has 1 aliphatic rings. The molecular formula is C10H12ClN3O3. The number of pyridine rings is 1. The Kier molecular flexibility index (Phi) is 3.78. The standard InChI is InChI=1S/C10H12ClN3O3/c11-8-5-7(10(15)16)6-12-9(8)13-14-1-3-17-4-2-14/h5-6H,1-4H2,(H,12,13)(H,15,16). The fourth-order valence-corrected chi connectivity index (χ4v) is 1.67. The predicted octanol–water partition coefficient (Wildman–Crippen LogP) is 1.09. The van der Waals surface area contributed by atoms with Crippen molar-refractivity contribution in [3.05, 3.63) is 22.8 Å². The van der Waals surface area contributed by atoms with Gasteiger partial charge in [-0.3, -0.25) is 0 Å². The summed E-state index contributed by atoms with van der Waals surface area (Å²) in [4.78, 5) is 14.7. The van der Waals surface area contributed by atoms with Crippen LogP contribution >= 0.6 is 11.6 Å². The maximum Gasteiger partial charge on any atom is 0.337 e. The molecule has 1 fully saturated rings. The lowest BCUT2D eigenvalue weighted by molar-refractivity contribution is 0.0495. The lowest BCUT2D eigenvalue weighted by atomic mass is 10.3. The van der Waals surface area contributed by atoms with Crippen LogP contribution in [0.15, 0.2) is 12.3 Å². The first-order valence-corrected chi connectivity index (χ1v) is 5.53. The van der Waals surface area contributed by atoms with E-state index in [1.165, 1.54) is 12.3 Å². The number of hydrogen-bond donors (Lipinski definition) is 2. The zero-order chi connectivity index (χ0) is 12.3. The number of morpholine rings is 1. The number of carboxylic acid groups (broad SMARTS) is 1. The number of ether oxygens (including phenoxy) is 1. The number of rotatable bonds is 3. The molecule has 0 radical (unpaired) electrons. The summed E-state index contributed by atoms with van der Waals surface area (Å²) in [7, 11) is 0. The quantitative estimate of drug-likeness (QED) is 0.844. The van der Waals surface area contributed by atoms with Crippen LogP contribution in [0.4, 0.5) is 5.82 Å². The number of halogens is 1. The van der Waals surface area contributed by atoms with Gasteiger partial charge < -0.3 is 15.3 Å². The molecule has 0 aliphatic carbocycles. The highest BCUT2D eigenvalue weighted by atomic mass is 35.5. The molecule has 2 rings (SSSR count). The van der Waals surface area contributed by atoms with Gasteiger partial charge in [0, 0.05) is 19.3 Å². The average Bonchev–Trinajstić information content (AvgIpc) is 2.33. The van der Waals surface area contributed by atoms with Crippen molar-refractivity contribution in [3.63, 3.8) is 0 Å². The van der Waals surface area contributed by atoms with Crippen molar-refractivity contribution in [1.29, 1.82) is 0 Å². The van der Waals surface area contributed by atoms with Gasteiger partial charge in [-0.1, -0.05) is 11.6 Å². The summed E-state index contributed by atoms with van der Waals surface area (Å²) in [5.41, 5.74) is 3.10. The second kappa shape index (κ2) is 5.31. The number of anilines is 1. The molecule has 0 aromatic carbocycles. The minimum atomic E-state index is -1.04. The third-order valence-corrected chi connectivity index (χ3v) is 2.65. The van der Waals surface area contributed by atoms with Crippen LogP contribution in [0.3, 0.4) is 0 Å². The highest BCUT2D eigenvalue weighted by molar-refractivity contribution is 6.33. The molecule has 1 aliphatic heterocycles. The van der Waals surface area contributed by atoms with Crippen LogP contribution in [-0.4, -0.2) is 47.4 Å². The number of aromatic nitrogens is 1. The maximum absolute atomic E-state index is 10.7. The molecular weight excluding hydrogens is 246 g/mol. The Morgan fingerprint density at radius 1 is 1.53 bits per heavy atom. The van der Waals surface area contributed by atoms with E-state index in [0.717, 1.165) is 13.1 Å². The van der Waals surface area contributed by atoms with E-state index >= 15 is 0 Å². The monoisotopic (exact) mass is 257 g/mol. The Labute approximate surface area is 103 Å². The van der Waals surface area contributed by atoms with Gasteiger partial charge >= 0.3 is 5.97 Å². The Hall–Kier alpha value is -1.37. The molecule has 1 aromatic rings. The second-order valence-electron chi connectivity index (χ2n) is 3.57. The van der Waals surface area contributed by atoms with Crippen molar-refractivity contribution < 1.29 is 14.6 Å². The van der Waals surface area contributed by atoms with Crippen LogP contribution in [0.25, 0.3) is 0 Å². The van der Waals surface area contributed by atoms with Crippen molar-refractivity contribution >= 4 is 23.4 Å². The fourth-order valence-electron chi connectivity index (χ4n) is 1.46. The zero-order valence-electron chi connectivity index (χ0n) is 9.02. The van der Waals surface area contributed by atoms with Crippen molar-refractivity contribution in [1.82, 2.24) is 9.99 Å². The largest absolute Gasteiger partial charge is 0.478 e. The normalized spacial score (nSPS) is 16.8. The van der Waals surface area contributed by atoms with Gasteiger partial charge in [-0.05, 0) is 6.07 Å². The van der Waals surface area contributed by atoms with Crippen molar-refractivity contribution in [2.24, 2.45) is 0 Å².